The molecule has 0 aromatic heterocycles. The summed E-state index contributed by atoms with van der Waals surface area (Å²) >= 11 is 0. The van der Waals surface area contributed by atoms with Crippen LogP contribution >= 0.6 is 0 Å². The molecule has 252 valence electrons. The van der Waals surface area contributed by atoms with Crippen LogP contribution < -0.4 is 10.2 Å². The summed E-state index contributed by atoms with van der Waals surface area (Å²) in [6.45, 7) is 2.43. The van der Waals surface area contributed by atoms with Crippen LogP contribution in [0, 0.1) is 0 Å². The minimum atomic E-state index is -4.54. The lowest BCUT2D eigenvalue weighted by Gasteiger charge is -2.36. The van der Waals surface area contributed by atoms with Gasteiger partial charge in [-0.1, -0.05) is 18.2 Å². The molecule has 3 N–H and O–H groups in total. The van der Waals surface area contributed by atoms with Gasteiger partial charge in [0.05, 0.1) is 5.56 Å². The minimum absolute atomic E-state index is 0.0380. The molecule has 3 aromatic carbocycles. The predicted octanol–water partition coefficient (Wildman–Crippen LogP) is 5.72. The largest absolute Gasteiger partial charge is 0.479 e. The van der Waals surface area contributed by atoms with Gasteiger partial charge in [-0.3, -0.25) is 14.6 Å². The van der Waals surface area contributed by atoms with Crippen molar-refractivity contribution in [2.75, 3.05) is 49.5 Å². The number of halogens is 6. The number of nitrogens with zero attached hydrogens (tertiary/aromatic N) is 3. The van der Waals surface area contributed by atoms with Crippen molar-refractivity contribution >= 4 is 23.3 Å². The lowest BCUT2D eigenvalue weighted by atomic mass is 9.97. The molecule has 2 aliphatic heterocycles. The van der Waals surface area contributed by atoms with Crippen LogP contribution in [0.3, 0.4) is 0 Å². The molecule has 0 radical (unpaired) electrons. The van der Waals surface area contributed by atoms with Crippen molar-refractivity contribution in [2.45, 2.75) is 43.9 Å². The fourth-order valence-electron chi connectivity index (χ4n) is 6.07. The van der Waals surface area contributed by atoms with Crippen molar-refractivity contribution in [3.63, 3.8) is 0 Å². The summed E-state index contributed by atoms with van der Waals surface area (Å²) < 4.78 is 80.6. The second-order valence-corrected chi connectivity index (χ2v) is 11.8. The molecule has 5 rings (SSSR count). The molecule has 0 saturated carbocycles. The number of β-amino-alcohol motifs (C(OH)–C–C–N with tert-alkyl or cyclic N) is 1. The van der Waals surface area contributed by atoms with E-state index in [1.165, 1.54) is 17.0 Å². The van der Waals surface area contributed by atoms with Crippen LogP contribution in [-0.4, -0.2) is 89.5 Å². The van der Waals surface area contributed by atoms with Gasteiger partial charge in [0.15, 0.2) is 6.10 Å². The summed E-state index contributed by atoms with van der Waals surface area (Å²) in [7, 11) is 0. The van der Waals surface area contributed by atoms with E-state index in [4.69, 9.17) is 5.11 Å². The number of aliphatic hydroxyl groups excluding tert-OH is 1. The van der Waals surface area contributed by atoms with Gasteiger partial charge in [0, 0.05) is 56.2 Å². The maximum atomic E-state index is 13.7. The maximum Gasteiger partial charge on any atom is 0.416 e. The highest BCUT2D eigenvalue weighted by Crippen LogP contribution is 2.37. The number of carbonyl (C=O) groups is 2. The van der Waals surface area contributed by atoms with Crippen molar-refractivity contribution in [3.05, 3.63) is 83.4 Å². The molecule has 3 aromatic rings. The summed E-state index contributed by atoms with van der Waals surface area (Å²) in [6.07, 6.45) is -10.1. The number of aliphatic carboxylic acids is 1. The Bertz CT molecular complexity index is 1560. The zero-order chi connectivity index (χ0) is 33.9. The normalized spacial score (nSPS) is 18.7. The van der Waals surface area contributed by atoms with Gasteiger partial charge in [0.25, 0.3) is 5.91 Å². The first kappa shape index (κ1) is 34.2. The first-order chi connectivity index (χ1) is 22.2. The third-order valence-corrected chi connectivity index (χ3v) is 8.58. The van der Waals surface area contributed by atoms with E-state index >= 15 is 0 Å². The zero-order valence-corrected chi connectivity index (χ0v) is 25.2. The number of carboxylic acid groups (broad SMARTS) is 1. The van der Waals surface area contributed by atoms with Crippen LogP contribution in [0.15, 0.2) is 66.7 Å². The molecular formula is C33H34F6N4O4. The Labute approximate surface area is 267 Å². The minimum Gasteiger partial charge on any atom is -0.479 e. The monoisotopic (exact) mass is 664 g/mol. The Kier molecular flexibility index (Phi) is 10.1. The number of hydrogen-bond donors (Lipinski definition) is 3. The molecule has 14 heteroatoms. The van der Waals surface area contributed by atoms with Gasteiger partial charge >= 0.3 is 18.3 Å². The average molecular weight is 665 g/mol. The first-order valence-electron chi connectivity index (χ1n) is 15.1. The first-order valence-corrected chi connectivity index (χ1v) is 15.1. The number of hydrogen-bond acceptors (Lipinski definition) is 6. The molecule has 2 saturated heterocycles. The van der Waals surface area contributed by atoms with Crippen LogP contribution in [0.2, 0.25) is 0 Å². The lowest BCUT2D eigenvalue weighted by Crippen LogP contribution is -2.49. The van der Waals surface area contributed by atoms with Crippen LogP contribution in [0.5, 0.6) is 0 Å². The van der Waals surface area contributed by atoms with E-state index in [1.807, 2.05) is 4.90 Å². The van der Waals surface area contributed by atoms with Crippen molar-refractivity contribution in [1.82, 2.24) is 9.80 Å². The van der Waals surface area contributed by atoms with E-state index in [0.717, 1.165) is 17.8 Å². The SMILES string of the molecule is O=C(Nc1ccc(-c2ccc(C(F)(F)F)cc2)c(CN2CCC[C@H]2C(F)(F)F)c1)c1ccc(N2CCN(CC(O)C(=O)O)CC2)cc1. The van der Waals surface area contributed by atoms with E-state index < -0.39 is 41.9 Å². The summed E-state index contributed by atoms with van der Waals surface area (Å²) in [5.74, 6) is -1.72. The van der Waals surface area contributed by atoms with E-state index in [0.29, 0.717) is 60.5 Å². The number of anilines is 2. The molecular weight excluding hydrogens is 630 g/mol. The summed E-state index contributed by atoms with van der Waals surface area (Å²) in [6, 6.07) is 14.3. The molecule has 2 atom stereocenters. The molecule has 1 unspecified atom stereocenters. The Morgan fingerprint density at radius 2 is 1.53 bits per heavy atom. The highest BCUT2D eigenvalue weighted by molar-refractivity contribution is 6.04. The number of carboxylic acids is 1. The van der Waals surface area contributed by atoms with Crippen molar-refractivity contribution in [3.8, 4) is 11.1 Å². The fourth-order valence-corrected chi connectivity index (χ4v) is 6.07. The van der Waals surface area contributed by atoms with Gasteiger partial charge in [-0.05, 0) is 84.6 Å². The highest BCUT2D eigenvalue weighted by Gasteiger charge is 2.45. The van der Waals surface area contributed by atoms with Gasteiger partial charge in [-0.15, -0.1) is 0 Å². The van der Waals surface area contributed by atoms with E-state index in [2.05, 4.69) is 10.2 Å². The Morgan fingerprint density at radius 3 is 2.13 bits per heavy atom. The number of alkyl halides is 6. The highest BCUT2D eigenvalue weighted by atomic mass is 19.4. The van der Waals surface area contributed by atoms with Gasteiger partial charge in [0.1, 0.15) is 6.04 Å². The third-order valence-electron chi connectivity index (χ3n) is 8.58. The van der Waals surface area contributed by atoms with Crippen molar-refractivity contribution < 1.29 is 46.1 Å². The topological polar surface area (TPSA) is 96.4 Å². The predicted molar refractivity (Wildman–Crippen MR) is 163 cm³/mol. The Balaban J connectivity index is 1.30. The van der Waals surface area contributed by atoms with Crippen molar-refractivity contribution in [2.24, 2.45) is 0 Å². The maximum absolute atomic E-state index is 13.7. The number of rotatable bonds is 9. The quantitative estimate of drug-likeness (QED) is 0.252. The Hall–Kier alpha value is -4.14. The number of nitrogens with one attached hydrogen (secondary N) is 1. The molecule has 2 aliphatic rings. The van der Waals surface area contributed by atoms with Crippen LogP contribution in [0.4, 0.5) is 37.7 Å². The van der Waals surface area contributed by atoms with Crippen molar-refractivity contribution in [1.29, 1.82) is 0 Å². The fraction of sp³-hybridized carbons (Fsp3) is 0.394. The average Bonchev–Trinajstić information content (AvgIpc) is 3.50. The van der Waals surface area contributed by atoms with E-state index in [-0.39, 0.29) is 26.1 Å². The zero-order valence-electron chi connectivity index (χ0n) is 25.2. The van der Waals surface area contributed by atoms with Gasteiger partial charge in [-0.2, -0.15) is 26.3 Å². The van der Waals surface area contributed by atoms with Gasteiger partial charge in [-0.25, -0.2) is 4.79 Å². The number of likely N-dealkylation sites (tertiary alicyclic amines) is 1. The molecule has 8 nitrogen and oxygen atoms in total. The molecule has 47 heavy (non-hydrogen) atoms. The third kappa shape index (κ3) is 8.42. The van der Waals surface area contributed by atoms with E-state index in [1.54, 1.807) is 42.5 Å². The van der Waals surface area contributed by atoms with Crippen LogP contribution in [0.25, 0.3) is 11.1 Å². The molecule has 2 fully saturated rings. The number of amides is 1. The van der Waals surface area contributed by atoms with Crippen LogP contribution in [0.1, 0.15) is 34.3 Å². The molecule has 0 spiro atoms. The molecule has 0 aliphatic carbocycles. The summed E-state index contributed by atoms with van der Waals surface area (Å²) in [4.78, 5) is 29.3. The summed E-state index contributed by atoms with van der Waals surface area (Å²) in [5, 5.41) is 21.3. The number of aliphatic hydroxyl groups is 1. The number of piperazine rings is 1. The lowest BCUT2D eigenvalue weighted by molar-refractivity contribution is -0.177. The second-order valence-electron chi connectivity index (χ2n) is 11.8. The van der Waals surface area contributed by atoms with Crippen LogP contribution in [-0.2, 0) is 17.5 Å². The summed E-state index contributed by atoms with van der Waals surface area (Å²) in [5.41, 5.74) is 1.98. The molecule has 1 amide bonds. The smallest absolute Gasteiger partial charge is 0.416 e. The molecule has 0 bridgehead atoms. The number of carbonyl (C=O) groups excluding carboxylic acids is 1. The number of benzene rings is 3. The second kappa shape index (κ2) is 13.9. The standard InChI is InChI=1S/C33H34F6N4O4/c34-32(35,36)24-7-3-21(4-8-24)27-12-9-25(18-23(27)19-43-13-1-2-29(43)33(37,38)39)40-30(45)22-5-10-26(11-6-22)42-16-14-41(15-17-42)20-28(44)31(46)47/h3-12,18,28-29,44H,1-2,13-17,19-20H2,(H,40,45)(H,46,47)/t28?,29-/m0/s1. The van der Waals surface area contributed by atoms with E-state index in [9.17, 15) is 41.0 Å². The van der Waals surface area contributed by atoms with Gasteiger partial charge in [0.2, 0.25) is 0 Å². The molecule has 2 heterocycles. The van der Waals surface area contributed by atoms with Gasteiger partial charge < -0.3 is 20.4 Å². The Morgan fingerprint density at radius 1 is 0.872 bits per heavy atom.